The first-order chi connectivity index (χ1) is 22.3. The zero-order valence-electron chi connectivity index (χ0n) is 26.0. The van der Waals surface area contributed by atoms with Crippen LogP contribution < -0.4 is 0 Å². The summed E-state index contributed by atoms with van der Waals surface area (Å²) in [5.41, 5.74) is 2.63. The van der Waals surface area contributed by atoms with Crippen molar-refractivity contribution >= 4 is 24.1 Å². The van der Waals surface area contributed by atoms with E-state index in [-0.39, 0.29) is 29.8 Å². The van der Waals surface area contributed by atoms with Gasteiger partial charge in [0.25, 0.3) is 0 Å². The fourth-order valence-corrected chi connectivity index (χ4v) is 6.73. The number of rotatable bonds is 12. The number of piperidine rings is 1. The Morgan fingerprint density at radius 3 is 2.15 bits per heavy atom. The standard InChI is InChI=1S/C35H38F2N4O5/c1-45-23-30-31(33(43)46-2)32(25-14-15-28(36)29(37)22-25)41(34(44)38-30)40(24-42)19-9-18-39-20-16-35(17-21-39,26-10-5-3-6-11-26)27-12-7-4-8-13-27/h3-8,10-15,22,24,31-32H,9,16-21,23H2,1-2H3. The molecule has 46 heavy (non-hydrogen) atoms. The Hall–Kier alpha value is -4.48. The number of benzene rings is 3. The highest BCUT2D eigenvalue weighted by molar-refractivity contribution is 6.10. The molecule has 242 valence electrons. The lowest BCUT2D eigenvalue weighted by molar-refractivity contribution is -0.150. The summed E-state index contributed by atoms with van der Waals surface area (Å²) >= 11 is 0. The van der Waals surface area contributed by atoms with Gasteiger partial charge in [0, 0.05) is 19.1 Å². The number of aliphatic imine (C=N–C) groups is 1. The minimum absolute atomic E-state index is 0.0600. The van der Waals surface area contributed by atoms with Crippen molar-refractivity contribution in [1.29, 1.82) is 0 Å². The largest absolute Gasteiger partial charge is 0.468 e. The van der Waals surface area contributed by atoms with E-state index in [0.717, 1.165) is 48.1 Å². The molecule has 0 aromatic heterocycles. The number of methoxy groups -OCH3 is 2. The molecule has 2 aliphatic rings. The van der Waals surface area contributed by atoms with Crippen LogP contribution in [0.1, 0.15) is 42.0 Å². The first kappa shape index (κ1) is 32.9. The first-order valence-electron chi connectivity index (χ1n) is 15.3. The Kier molecular flexibility index (Phi) is 10.5. The van der Waals surface area contributed by atoms with Gasteiger partial charge in [-0.05, 0) is 67.7 Å². The molecule has 0 saturated carbocycles. The topological polar surface area (TPSA) is 91.8 Å². The van der Waals surface area contributed by atoms with Gasteiger partial charge in [-0.25, -0.2) is 18.6 Å². The molecule has 1 fully saturated rings. The predicted molar refractivity (Wildman–Crippen MR) is 168 cm³/mol. The lowest BCUT2D eigenvalue weighted by atomic mass is 9.68. The van der Waals surface area contributed by atoms with E-state index in [1.165, 1.54) is 31.4 Å². The Morgan fingerprint density at radius 1 is 0.978 bits per heavy atom. The molecule has 3 aromatic rings. The van der Waals surface area contributed by atoms with Gasteiger partial charge in [0.15, 0.2) is 11.6 Å². The maximum atomic E-state index is 14.4. The van der Waals surface area contributed by atoms with Gasteiger partial charge in [-0.15, -0.1) is 0 Å². The van der Waals surface area contributed by atoms with Gasteiger partial charge >= 0.3 is 12.0 Å². The molecule has 0 N–H and O–H groups in total. The van der Waals surface area contributed by atoms with E-state index in [4.69, 9.17) is 9.47 Å². The number of ether oxygens (including phenoxy) is 2. The molecule has 0 aliphatic carbocycles. The van der Waals surface area contributed by atoms with Crippen LogP contribution in [0.3, 0.4) is 0 Å². The third-order valence-corrected chi connectivity index (χ3v) is 9.03. The van der Waals surface area contributed by atoms with Gasteiger partial charge < -0.3 is 14.4 Å². The Bertz CT molecular complexity index is 1510. The van der Waals surface area contributed by atoms with Crippen molar-refractivity contribution in [3.05, 3.63) is 107 Å². The fourth-order valence-electron chi connectivity index (χ4n) is 6.73. The summed E-state index contributed by atoms with van der Waals surface area (Å²) in [6.45, 7) is 2.27. The molecule has 2 heterocycles. The zero-order chi connectivity index (χ0) is 32.7. The monoisotopic (exact) mass is 632 g/mol. The summed E-state index contributed by atoms with van der Waals surface area (Å²) in [6, 6.07) is 22.1. The predicted octanol–water partition coefficient (Wildman–Crippen LogP) is 5.16. The number of carbonyl (C=O) groups excluding carboxylic acids is 3. The quantitative estimate of drug-likeness (QED) is 0.202. The van der Waals surface area contributed by atoms with Crippen LogP contribution in [0.2, 0.25) is 0 Å². The molecule has 3 amide bonds. The molecule has 2 atom stereocenters. The number of likely N-dealkylation sites (tertiary alicyclic amines) is 1. The highest BCUT2D eigenvalue weighted by Gasteiger charge is 2.47. The molecule has 1 saturated heterocycles. The third kappa shape index (κ3) is 6.70. The van der Waals surface area contributed by atoms with E-state index in [2.05, 4.69) is 58.4 Å². The number of hydrazine groups is 1. The number of amides is 3. The maximum Gasteiger partial charge on any atom is 0.363 e. The van der Waals surface area contributed by atoms with Crippen LogP contribution in [0.4, 0.5) is 13.6 Å². The molecule has 0 bridgehead atoms. The first-order valence-corrected chi connectivity index (χ1v) is 15.3. The van der Waals surface area contributed by atoms with Gasteiger partial charge in [0.05, 0.1) is 25.5 Å². The molecule has 11 heteroatoms. The van der Waals surface area contributed by atoms with E-state index in [1.54, 1.807) is 0 Å². The van der Waals surface area contributed by atoms with Crippen LogP contribution >= 0.6 is 0 Å². The van der Waals surface area contributed by atoms with Crippen LogP contribution in [-0.4, -0.2) is 86.0 Å². The van der Waals surface area contributed by atoms with Gasteiger partial charge in [0.2, 0.25) is 6.41 Å². The molecule has 3 aromatic carbocycles. The van der Waals surface area contributed by atoms with E-state index < -0.39 is 35.6 Å². The Labute approximate surface area is 267 Å². The second-order valence-corrected chi connectivity index (χ2v) is 11.6. The maximum absolute atomic E-state index is 14.4. The molecule has 9 nitrogen and oxygen atoms in total. The van der Waals surface area contributed by atoms with E-state index in [0.29, 0.717) is 19.4 Å². The smallest absolute Gasteiger partial charge is 0.363 e. The average molecular weight is 633 g/mol. The normalized spacial score (nSPS) is 19.8. The van der Waals surface area contributed by atoms with Crippen LogP contribution in [0.15, 0.2) is 83.9 Å². The molecule has 2 aliphatic heterocycles. The van der Waals surface area contributed by atoms with Crippen molar-refractivity contribution in [2.45, 2.75) is 30.7 Å². The SMILES string of the molecule is COCC1=NC(=O)N(N(C=O)CCCN2CCC(c3ccccc3)(c3ccccc3)CC2)C(c2ccc(F)c(F)c2)C1C(=O)OC. The van der Waals surface area contributed by atoms with E-state index in [1.807, 2.05) is 12.1 Å². The average Bonchev–Trinajstić information content (AvgIpc) is 3.09. The van der Waals surface area contributed by atoms with Gasteiger partial charge in [0.1, 0.15) is 5.92 Å². The van der Waals surface area contributed by atoms with Gasteiger partial charge in [-0.1, -0.05) is 66.7 Å². The van der Waals surface area contributed by atoms with E-state index >= 15 is 0 Å². The van der Waals surface area contributed by atoms with Crippen molar-refractivity contribution in [3.8, 4) is 0 Å². The molecular weight excluding hydrogens is 594 g/mol. The van der Waals surface area contributed by atoms with Gasteiger partial charge in [-0.2, -0.15) is 4.99 Å². The van der Waals surface area contributed by atoms with Gasteiger partial charge in [-0.3, -0.25) is 14.6 Å². The second kappa shape index (κ2) is 14.7. The van der Waals surface area contributed by atoms with Crippen molar-refractivity contribution in [2.75, 3.05) is 47.0 Å². The number of nitrogens with zero attached hydrogens (tertiary/aromatic N) is 4. The molecule has 0 radical (unpaired) electrons. The summed E-state index contributed by atoms with van der Waals surface area (Å²) in [5.74, 6) is -4.23. The summed E-state index contributed by atoms with van der Waals surface area (Å²) in [5, 5.41) is 2.19. The summed E-state index contributed by atoms with van der Waals surface area (Å²) in [7, 11) is 2.55. The Balaban J connectivity index is 1.33. The fraction of sp³-hybridized carbons (Fsp3) is 0.371. The second-order valence-electron chi connectivity index (χ2n) is 11.6. The summed E-state index contributed by atoms with van der Waals surface area (Å²) in [6.07, 6.45) is 2.83. The number of halogens is 2. The van der Waals surface area contributed by atoms with Crippen LogP contribution in [-0.2, 0) is 24.5 Å². The van der Waals surface area contributed by atoms with Crippen LogP contribution in [0.25, 0.3) is 0 Å². The number of hydrogen-bond donors (Lipinski definition) is 0. The lowest BCUT2D eigenvalue weighted by Crippen LogP contribution is -2.55. The van der Waals surface area contributed by atoms with Crippen molar-refractivity contribution in [1.82, 2.24) is 14.9 Å². The Morgan fingerprint density at radius 2 is 1.61 bits per heavy atom. The summed E-state index contributed by atoms with van der Waals surface area (Å²) < 4.78 is 38.5. The minimum Gasteiger partial charge on any atom is -0.468 e. The number of hydrogen-bond acceptors (Lipinski definition) is 6. The highest BCUT2D eigenvalue weighted by Crippen LogP contribution is 2.42. The minimum atomic E-state index is -1.23. The third-order valence-electron chi connectivity index (χ3n) is 9.03. The van der Waals surface area contributed by atoms with Crippen molar-refractivity contribution in [3.63, 3.8) is 0 Å². The number of carbonyl (C=O) groups is 3. The highest BCUT2D eigenvalue weighted by atomic mass is 19.2. The van der Waals surface area contributed by atoms with E-state index in [9.17, 15) is 23.2 Å². The van der Waals surface area contributed by atoms with Crippen LogP contribution in [0, 0.1) is 17.6 Å². The molecule has 0 spiro atoms. The summed E-state index contributed by atoms with van der Waals surface area (Å²) in [4.78, 5) is 45.4. The number of esters is 1. The molecule has 2 unspecified atom stereocenters. The zero-order valence-corrected chi connectivity index (χ0v) is 26.0. The molecule has 5 rings (SSSR count). The van der Waals surface area contributed by atoms with Crippen molar-refractivity contribution in [2.24, 2.45) is 10.9 Å². The molecular formula is C35H38F2N4O5. The number of urea groups is 1. The lowest BCUT2D eigenvalue weighted by Gasteiger charge is -2.44. The van der Waals surface area contributed by atoms with Crippen molar-refractivity contribution < 1.29 is 32.6 Å². The van der Waals surface area contributed by atoms with Crippen LogP contribution in [0.5, 0.6) is 0 Å².